The van der Waals surface area contributed by atoms with Gasteiger partial charge in [-0.3, -0.25) is 4.79 Å². The van der Waals surface area contributed by atoms with Crippen molar-refractivity contribution in [2.75, 3.05) is 17.2 Å². The lowest BCUT2D eigenvalue weighted by molar-refractivity contribution is -0.114. The van der Waals surface area contributed by atoms with Crippen LogP contribution in [0.3, 0.4) is 0 Å². The first-order valence-electron chi connectivity index (χ1n) is 9.10. The molecule has 0 bridgehead atoms. The number of benzene rings is 2. The van der Waals surface area contributed by atoms with Crippen molar-refractivity contribution in [3.8, 4) is 11.3 Å². The number of amides is 1. The van der Waals surface area contributed by atoms with Crippen molar-refractivity contribution in [1.82, 2.24) is 4.98 Å². The van der Waals surface area contributed by atoms with Crippen molar-refractivity contribution < 1.29 is 9.21 Å². The molecule has 2 heterocycles. The fraction of sp³-hybridized carbons (Fsp3) is 0.136. The monoisotopic (exact) mass is 405 g/mol. The Labute approximate surface area is 171 Å². The number of hydrogen-bond acceptors (Lipinski definition) is 6. The molecule has 4 rings (SSSR count). The molecule has 2 N–H and O–H groups in total. The summed E-state index contributed by atoms with van der Waals surface area (Å²) >= 11 is 1.26. The highest BCUT2D eigenvalue weighted by molar-refractivity contribution is 7.14. The van der Waals surface area contributed by atoms with Crippen molar-refractivity contribution in [2.24, 2.45) is 0 Å². The quantitative estimate of drug-likeness (QED) is 0.475. The van der Waals surface area contributed by atoms with Crippen LogP contribution in [0.25, 0.3) is 22.2 Å². The van der Waals surface area contributed by atoms with Gasteiger partial charge < -0.3 is 15.1 Å². The molecule has 4 aromatic rings. The number of rotatable bonds is 5. The fourth-order valence-corrected chi connectivity index (χ4v) is 3.70. The summed E-state index contributed by atoms with van der Waals surface area (Å²) in [5.41, 5.74) is 4.12. The molecule has 0 saturated carbocycles. The second-order valence-corrected chi connectivity index (χ2v) is 7.53. The number of aryl methyl sites for hydroxylation is 1. The van der Waals surface area contributed by atoms with E-state index in [1.54, 1.807) is 17.5 Å². The van der Waals surface area contributed by atoms with Crippen LogP contribution in [0.5, 0.6) is 0 Å². The van der Waals surface area contributed by atoms with Crippen LogP contribution in [0.15, 0.2) is 63.1 Å². The first-order valence-corrected chi connectivity index (χ1v) is 9.98. The fourth-order valence-electron chi connectivity index (χ4n) is 2.98. The van der Waals surface area contributed by atoms with Gasteiger partial charge in [0.25, 0.3) is 0 Å². The highest BCUT2D eigenvalue weighted by Gasteiger charge is 2.13. The van der Waals surface area contributed by atoms with E-state index in [2.05, 4.69) is 15.6 Å². The van der Waals surface area contributed by atoms with Gasteiger partial charge in [0.15, 0.2) is 5.13 Å². The summed E-state index contributed by atoms with van der Waals surface area (Å²) in [6.07, 6.45) is 0. The summed E-state index contributed by atoms with van der Waals surface area (Å²) in [4.78, 5) is 28.9. The van der Waals surface area contributed by atoms with E-state index in [9.17, 15) is 9.59 Å². The van der Waals surface area contributed by atoms with E-state index in [1.807, 2.05) is 50.2 Å². The maximum Gasteiger partial charge on any atom is 0.345 e. The molecule has 0 aliphatic carbocycles. The third kappa shape index (κ3) is 4.05. The number of fused-ring (bicyclic) bond motifs is 1. The molecule has 0 radical (unpaired) electrons. The lowest BCUT2D eigenvalue weighted by Gasteiger charge is -2.10. The van der Waals surface area contributed by atoms with Crippen molar-refractivity contribution in [3.05, 3.63) is 75.5 Å². The maximum absolute atomic E-state index is 12.3. The van der Waals surface area contributed by atoms with E-state index < -0.39 is 5.63 Å². The number of aromatic nitrogens is 1. The number of thiazole rings is 1. The zero-order valence-electron chi connectivity index (χ0n) is 16.0. The molecule has 0 unspecified atom stereocenters. The van der Waals surface area contributed by atoms with E-state index >= 15 is 0 Å². The number of para-hydroxylation sites is 1. The lowest BCUT2D eigenvalue weighted by Crippen LogP contribution is -2.22. The van der Waals surface area contributed by atoms with Gasteiger partial charge >= 0.3 is 5.63 Å². The van der Waals surface area contributed by atoms with E-state index in [0.717, 1.165) is 22.2 Å². The number of carbonyl (C=O) groups is 1. The number of anilines is 2. The Kier molecular flexibility index (Phi) is 5.14. The Morgan fingerprint density at radius 3 is 2.83 bits per heavy atom. The Bertz CT molecular complexity index is 1260. The Morgan fingerprint density at radius 1 is 1.14 bits per heavy atom. The molecule has 0 fully saturated rings. The Hall–Kier alpha value is -3.45. The molecule has 29 heavy (non-hydrogen) atoms. The molecule has 0 aliphatic heterocycles. The van der Waals surface area contributed by atoms with E-state index in [1.165, 1.54) is 11.3 Å². The first kappa shape index (κ1) is 18.9. The van der Waals surface area contributed by atoms with Gasteiger partial charge in [-0.15, -0.1) is 11.3 Å². The van der Waals surface area contributed by atoms with Crippen LogP contribution in [0.1, 0.15) is 11.1 Å². The second-order valence-electron chi connectivity index (χ2n) is 6.67. The summed E-state index contributed by atoms with van der Waals surface area (Å²) in [6.45, 7) is 4.16. The topological polar surface area (TPSA) is 84.2 Å². The van der Waals surface area contributed by atoms with Gasteiger partial charge in [0.2, 0.25) is 5.91 Å². The first-order chi connectivity index (χ1) is 14.0. The zero-order chi connectivity index (χ0) is 20.4. The predicted molar refractivity (Wildman–Crippen MR) is 117 cm³/mol. The smallest absolute Gasteiger partial charge is 0.345 e. The van der Waals surface area contributed by atoms with Gasteiger partial charge in [-0.25, -0.2) is 9.78 Å². The van der Waals surface area contributed by atoms with Crippen LogP contribution in [-0.2, 0) is 4.79 Å². The van der Waals surface area contributed by atoms with Crippen LogP contribution in [-0.4, -0.2) is 17.4 Å². The normalized spacial score (nSPS) is 10.8. The third-order valence-electron chi connectivity index (χ3n) is 4.71. The van der Waals surface area contributed by atoms with Gasteiger partial charge in [0.05, 0.1) is 17.8 Å². The third-order valence-corrected chi connectivity index (χ3v) is 5.47. The maximum atomic E-state index is 12.3. The van der Waals surface area contributed by atoms with E-state index in [-0.39, 0.29) is 12.5 Å². The van der Waals surface area contributed by atoms with Crippen LogP contribution in [0.2, 0.25) is 0 Å². The number of carbonyl (C=O) groups excluding carboxylic acids is 1. The minimum absolute atomic E-state index is 0.122. The minimum atomic E-state index is -0.455. The molecule has 6 nitrogen and oxygen atoms in total. The predicted octanol–water partition coefficient (Wildman–Crippen LogP) is 4.58. The highest BCUT2D eigenvalue weighted by atomic mass is 32.1. The zero-order valence-corrected chi connectivity index (χ0v) is 16.8. The number of nitrogens with zero attached hydrogens (tertiary/aromatic N) is 1. The summed E-state index contributed by atoms with van der Waals surface area (Å²) < 4.78 is 5.36. The molecule has 0 saturated heterocycles. The molecule has 1 amide bonds. The second kappa shape index (κ2) is 7.89. The van der Waals surface area contributed by atoms with Gasteiger partial charge in [-0.1, -0.05) is 30.3 Å². The SMILES string of the molecule is Cc1cccc(NCC(=O)Nc2nc(-c3cc4ccccc4oc3=O)cs2)c1C. The van der Waals surface area contributed by atoms with Crippen LogP contribution in [0.4, 0.5) is 10.8 Å². The van der Waals surface area contributed by atoms with Gasteiger partial charge in [-0.2, -0.15) is 0 Å². The average Bonchev–Trinajstić information content (AvgIpc) is 3.16. The van der Waals surface area contributed by atoms with Gasteiger partial charge in [0.1, 0.15) is 5.58 Å². The largest absolute Gasteiger partial charge is 0.422 e. The number of nitrogens with one attached hydrogen (secondary N) is 2. The van der Waals surface area contributed by atoms with Crippen LogP contribution >= 0.6 is 11.3 Å². The molecule has 2 aromatic carbocycles. The van der Waals surface area contributed by atoms with E-state index in [4.69, 9.17) is 4.42 Å². The summed E-state index contributed by atoms with van der Waals surface area (Å²) in [5, 5.41) is 8.89. The summed E-state index contributed by atoms with van der Waals surface area (Å²) in [6, 6.07) is 15.0. The summed E-state index contributed by atoms with van der Waals surface area (Å²) in [5.74, 6) is -0.211. The van der Waals surface area contributed by atoms with Gasteiger partial charge in [0, 0.05) is 16.5 Å². The lowest BCUT2D eigenvalue weighted by atomic mass is 10.1. The summed E-state index contributed by atoms with van der Waals surface area (Å²) in [7, 11) is 0. The molecule has 0 aliphatic rings. The van der Waals surface area contributed by atoms with Crippen molar-refractivity contribution in [3.63, 3.8) is 0 Å². The average molecular weight is 405 g/mol. The van der Waals surface area contributed by atoms with Gasteiger partial charge in [-0.05, 0) is 43.2 Å². The van der Waals surface area contributed by atoms with E-state index in [0.29, 0.717) is 22.0 Å². The molecule has 7 heteroatoms. The van der Waals surface area contributed by atoms with Crippen molar-refractivity contribution in [1.29, 1.82) is 0 Å². The number of hydrogen-bond donors (Lipinski definition) is 2. The molecule has 146 valence electrons. The van der Waals surface area contributed by atoms with Crippen molar-refractivity contribution in [2.45, 2.75) is 13.8 Å². The van der Waals surface area contributed by atoms with Crippen molar-refractivity contribution >= 4 is 39.0 Å². The molecular weight excluding hydrogens is 386 g/mol. The molecule has 0 spiro atoms. The van der Waals surface area contributed by atoms with Crippen LogP contribution < -0.4 is 16.3 Å². The Morgan fingerprint density at radius 2 is 1.97 bits per heavy atom. The minimum Gasteiger partial charge on any atom is -0.422 e. The molecule has 2 aromatic heterocycles. The van der Waals surface area contributed by atoms with Crippen LogP contribution in [0, 0.1) is 13.8 Å². The highest BCUT2D eigenvalue weighted by Crippen LogP contribution is 2.25. The molecule has 0 atom stereocenters. The molecular formula is C22H19N3O3S. The Balaban J connectivity index is 1.47. The standard InChI is InChI=1S/C22H19N3O3S/c1-13-6-5-8-17(14(13)2)23-11-20(26)25-22-24-18(12-29-22)16-10-15-7-3-4-9-19(15)28-21(16)27/h3-10,12,23H,11H2,1-2H3,(H,24,25,26).